The molecule has 0 unspecified atom stereocenters. The number of nitro benzene ring substituents is 1. The molecule has 0 saturated heterocycles. The molecule has 1 N–H and O–H groups in total. The topological polar surface area (TPSA) is 80.4 Å². The Morgan fingerprint density at radius 1 is 1.24 bits per heavy atom. The van der Waals surface area contributed by atoms with Gasteiger partial charge in [0.15, 0.2) is 0 Å². The van der Waals surface area contributed by atoms with Gasteiger partial charge in [-0.1, -0.05) is 17.8 Å². The number of rotatable bonds is 4. The number of benzene rings is 2. The maximum absolute atomic E-state index is 11.1. The Bertz CT molecular complexity index is 671. The van der Waals surface area contributed by atoms with Gasteiger partial charge in [0.25, 0.3) is 5.69 Å². The van der Waals surface area contributed by atoms with E-state index in [9.17, 15) is 14.9 Å². The molecule has 0 aliphatic carbocycles. The summed E-state index contributed by atoms with van der Waals surface area (Å²) in [5, 5.41) is 20.0. The second-order valence-electron chi connectivity index (χ2n) is 4.25. The zero-order valence-electron chi connectivity index (χ0n) is 10.9. The van der Waals surface area contributed by atoms with Crippen LogP contribution in [0.3, 0.4) is 0 Å². The molecule has 2 rings (SSSR count). The molecular formula is C14H10BrNO4S. The number of hydrogen-bond donors (Lipinski definition) is 1. The molecule has 2 aromatic rings. The molecule has 0 amide bonds. The van der Waals surface area contributed by atoms with Gasteiger partial charge in [0.1, 0.15) is 0 Å². The number of nitro groups is 1. The SMILES string of the molecule is Cc1ccc(Sc2ccc(Br)c(C(=O)O)c2)cc1[N+](=O)[O-]. The first-order valence-corrected chi connectivity index (χ1v) is 7.45. The Morgan fingerprint density at radius 3 is 2.48 bits per heavy atom. The van der Waals surface area contributed by atoms with Gasteiger partial charge in [-0.2, -0.15) is 0 Å². The number of halogens is 1. The quantitative estimate of drug-likeness (QED) is 0.634. The maximum Gasteiger partial charge on any atom is 0.336 e. The molecule has 7 heteroatoms. The molecule has 0 heterocycles. The summed E-state index contributed by atoms with van der Waals surface area (Å²) in [4.78, 5) is 23.0. The minimum atomic E-state index is -1.03. The Morgan fingerprint density at radius 2 is 1.86 bits per heavy atom. The van der Waals surface area contributed by atoms with Gasteiger partial charge in [0.2, 0.25) is 0 Å². The number of aromatic carboxylic acids is 1. The molecule has 0 saturated carbocycles. The second-order valence-corrected chi connectivity index (χ2v) is 6.26. The van der Waals surface area contributed by atoms with Gasteiger partial charge in [0, 0.05) is 25.9 Å². The van der Waals surface area contributed by atoms with Crippen LogP contribution in [0.25, 0.3) is 0 Å². The van der Waals surface area contributed by atoms with E-state index in [4.69, 9.17) is 5.11 Å². The predicted molar refractivity (Wildman–Crippen MR) is 83.1 cm³/mol. The molecule has 0 aliphatic heterocycles. The number of carboxylic acids is 1. The highest BCUT2D eigenvalue weighted by Crippen LogP contribution is 2.33. The highest BCUT2D eigenvalue weighted by molar-refractivity contribution is 9.10. The van der Waals surface area contributed by atoms with Crippen molar-refractivity contribution in [2.75, 3.05) is 0 Å². The first-order valence-electron chi connectivity index (χ1n) is 5.84. The third-order valence-corrected chi connectivity index (χ3v) is 4.45. The number of carbonyl (C=O) groups is 1. The third-order valence-electron chi connectivity index (χ3n) is 2.78. The van der Waals surface area contributed by atoms with Crippen LogP contribution >= 0.6 is 27.7 Å². The zero-order valence-corrected chi connectivity index (χ0v) is 13.3. The lowest BCUT2D eigenvalue weighted by Gasteiger charge is -2.05. The zero-order chi connectivity index (χ0) is 15.6. The first kappa shape index (κ1) is 15.5. The number of carboxylic acid groups (broad SMARTS) is 1. The van der Waals surface area contributed by atoms with Crippen LogP contribution in [0.5, 0.6) is 0 Å². The van der Waals surface area contributed by atoms with Crippen molar-refractivity contribution in [2.24, 2.45) is 0 Å². The van der Waals surface area contributed by atoms with E-state index < -0.39 is 10.9 Å². The average Bonchev–Trinajstić information content (AvgIpc) is 2.42. The minimum Gasteiger partial charge on any atom is -0.478 e. The second kappa shape index (κ2) is 6.28. The van der Waals surface area contributed by atoms with Crippen LogP contribution in [0.4, 0.5) is 5.69 Å². The summed E-state index contributed by atoms with van der Waals surface area (Å²) < 4.78 is 0.495. The van der Waals surface area contributed by atoms with E-state index >= 15 is 0 Å². The fraction of sp³-hybridized carbons (Fsp3) is 0.0714. The Hall–Kier alpha value is -1.86. The van der Waals surface area contributed by atoms with Crippen molar-refractivity contribution in [3.05, 3.63) is 62.1 Å². The largest absolute Gasteiger partial charge is 0.478 e. The van der Waals surface area contributed by atoms with Crippen molar-refractivity contribution in [1.29, 1.82) is 0 Å². The molecule has 5 nitrogen and oxygen atoms in total. The molecule has 108 valence electrons. The van der Waals surface area contributed by atoms with Gasteiger partial charge in [-0.25, -0.2) is 4.79 Å². The van der Waals surface area contributed by atoms with Crippen molar-refractivity contribution >= 4 is 39.3 Å². The summed E-state index contributed by atoms with van der Waals surface area (Å²) in [5.41, 5.74) is 0.795. The van der Waals surface area contributed by atoms with Crippen LogP contribution in [-0.4, -0.2) is 16.0 Å². The molecule has 0 aliphatic rings. The van der Waals surface area contributed by atoms with Gasteiger partial charge in [-0.05, 0) is 47.1 Å². The van der Waals surface area contributed by atoms with Gasteiger partial charge >= 0.3 is 5.97 Å². The summed E-state index contributed by atoms with van der Waals surface area (Å²) in [6.07, 6.45) is 0. The third kappa shape index (κ3) is 3.62. The van der Waals surface area contributed by atoms with E-state index in [-0.39, 0.29) is 11.3 Å². The molecule has 0 radical (unpaired) electrons. The van der Waals surface area contributed by atoms with E-state index in [1.807, 2.05) is 0 Å². The monoisotopic (exact) mass is 367 g/mol. The minimum absolute atomic E-state index is 0.0515. The highest BCUT2D eigenvalue weighted by Gasteiger charge is 2.13. The van der Waals surface area contributed by atoms with Crippen molar-refractivity contribution in [3.8, 4) is 0 Å². The summed E-state index contributed by atoms with van der Waals surface area (Å²) >= 11 is 4.46. The molecule has 21 heavy (non-hydrogen) atoms. The van der Waals surface area contributed by atoms with Crippen molar-refractivity contribution in [2.45, 2.75) is 16.7 Å². The van der Waals surface area contributed by atoms with E-state index in [0.717, 1.165) is 0 Å². The van der Waals surface area contributed by atoms with Crippen LogP contribution in [-0.2, 0) is 0 Å². The van der Waals surface area contributed by atoms with Crippen molar-refractivity contribution in [3.63, 3.8) is 0 Å². The summed E-state index contributed by atoms with van der Waals surface area (Å²) in [7, 11) is 0. The van der Waals surface area contributed by atoms with Gasteiger partial charge < -0.3 is 5.11 Å². The van der Waals surface area contributed by atoms with Crippen LogP contribution in [0.15, 0.2) is 50.7 Å². The van der Waals surface area contributed by atoms with Crippen LogP contribution in [0.2, 0.25) is 0 Å². The Kier molecular flexibility index (Phi) is 4.64. The standard InChI is InChI=1S/C14H10BrNO4S/c1-8-2-3-10(7-13(8)16(19)20)21-9-4-5-12(15)11(6-9)14(17)18/h2-7H,1H3,(H,17,18). The van der Waals surface area contributed by atoms with E-state index in [1.54, 1.807) is 31.2 Å². The normalized spacial score (nSPS) is 10.4. The Balaban J connectivity index is 2.34. The lowest BCUT2D eigenvalue weighted by Crippen LogP contribution is -1.97. The van der Waals surface area contributed by atoms with Gasteiger partial charge in [-0.3, -0.25) is 10.1 Å². The smallest absolute Gasteiger partial charge is 0.336 e. The van der Waals surface area contributed by atoms with Crippen molar-refractivity contribution < 1.29 is 14.8 Å². The number of nitrogens with zero attached hydrogens (tertiary/aromatic N) is 1. The lowest BCUT2D eigenvalue weighted by atomic mass is 10.2. The molecule has 0 bridgehead atoms. The lowest BCUT2D eigenvalue weighted by molar-refractivity contribution is -0.385. The average molecular weight is 368 g/mol. The molecule has 0 spiro atoms. The van der Waals surface area contributed by atoms with Gasteiger partial charge in [-0.15, -0.1) is 0 Å². The highest BCUT2D eigenvalue weighted by atomic mass is 79.9. The predicted octanol–water partition coefficient (Wildman–Crippen LogP) is 4.52. The van der Waals surface area contributed by atoms with E-state index in [0.29, 0.717) is 19.8 Å². The van der Waals surface area contributed by atoms with E-state index in [2.05, 4.69) is 15.9 Å². The molecular weight excluding hydrogens is 358 g/mol. The summed E-state index contributed by atoms with van der Waals surface area (Å²) in [6.45, 7) is 1.68. The van der Waals surface area contributed by atoms with E-state index in [1.165, 1.54) is 23.9 Å². The maximum atomic E-state index is 11.1. The van der Waals surface area contributed by atoms with Crippen molar-refractivity contribution in [1.82, 2.24) is 0 Å². The summed E-state index contributed by atoms with van der Waals surface area (Å²) in [6, 6.07) is 9.87. The van der Waals surface area contributed by atoms with Gasteiger partial charge in [0.05, 0.1) is 10.5 Å². The van der Waals surface area contributed by atoms with Crippen LogP contribution in [0.1, 0.15) is 15.9 Å². The molecule has 0 fully saturated rings. The molecule has 0 atom stereocenters. The van der Waals surface area contributed by atoms with Crippen LogP contribution in [0, 0.1) is 17.0 Å². The van der Waals surface area contributed by atoms with Crippen LogP contribution < -0.4 is 0 Å². The summed E-state index contributed by atoms with van der Waals surface area (Å²) in [5.74, 6) is -1.03. The fourth-order valence-electron chi connectivity index (χ4n) is 1.72. The Labute approximate surface area is 133 Å². The number of aryl methyl sites for hydroxylation is 1. The molecule has 0 aromatic heterocycles. The first-order chi connectivity index (χ1) is 9.88. The molecule has 2 aromatic carbocycles. The number of hydrogen-bond acceptors (Lipinski definition) is 4. The fourth-order valence-corrected chi connectivity index (χ4v) is 3.03.